The number of carbonyl (C=O) groups is 1. The van der Waals surface area contributed by atoms with Crippen molar-refractivity contribution in [3.8, 4) is 0 Å². The Hall–Kier alpha value is -2.25. The lowest BCUT2D eigenvalue weighted by molar-refractivity contribution is 0.0779. The van der Waals surface area contributed by atoms with Crippen molar-refractivity contribution in [1.82, 2.24) is 24.6 Å². The van der Waals surface area contributed by atoms with Crippen LogP contribution >= 0.6 is 11.3 Å². The lowest BCUT2D eigenvalue weighted by Crippen LogP contribution is -2.38. The second-order valence-corrected chi connectivity index (χ2v) is 8.38. The summed E-state index contributed by atoms with van der Waals surface area (Å²) in [5.74, 6) is 0.0980. The third-order valence-corrected chi connectivity index (χ3v) is 6.49. The van der Waals surface area contributed by atoms with E-state index >= 15 is 0 Å². The summed E-state index contributed by atoms with van der Waals surface area (Å²) in [5, 5.41) is 7.44. The van der Waals surface area contributed by atoms with Crippen LogP contribution in [0.3, 0.4) is 0 Å². The molecular formula is C21H27N5OS. The van der Waals surface area contributed by atoms with Gasteiger partial charge in [0.05, 0.1) is 23.7 Å². The van der Waals surface area contributed by atoms with Crippen LogP contribution in [0.1, 0.15) is 41.2 Å². The number of hydrogen-bond donors (Lipinski definition) is 0. The van der Waals surface area contributed by atoms with Gasteiger partial charge in [-0.05, 0) is 43.9 Å². The molecule has 1 amide bonds. The molecule has 1 aliphatic heterocycles. The van der Waals surface area contributed by atoms with E-state index in [-0.39, 0.29) is 5.91 Å². The topological polar surface area (TPSA) is 54.3 Å². The van der Waals surface area contributed by atoms with Gasteiger partial charge in [-0.2, -0.15) is 5.10 Å². The van der Waals surface area contributed by atoms with Gasteiger partial charge in [-0.3, -0.25) is 9.69 Å². The summed E-state index contributed by atoms with van der Waals surface area (Å²) < 4.78 is 1.90. The molecule has 7 heteroatoms. The maximum Gasteiger partial charge on any atom is 0.254 e. The summed E-state index contributed by atoms with van der Waals surface area (Å²) in [4.78, 5) is 23.7. The zero-order chi connectivity index (χ0) is 19.7. The number of hydrogen-bond acceptors (Lipinski definition) is 5. The minimum Gasteiger partial charge on any atom is -0.337 e. The van der Waals surface area contributed by atoms with E-state index in [9.17, 15) is 4.79 Å². The first-order valence-corrected chi connectivity index (χ1v) is 10.9. The SMILES string of the molecule is CCN(CC)C1CCN(C(=O)c2cc(C)nc3c2cnn3Cc2cccs2)C1. The molecule has 0 aromatic carbocycles. The summed E-state index contributed by atoms with van der Waals surface area (Å²) >= 11 is 1.70. The normalized spacial score (nSPS) is 17.1. The first kappa shape index (κ1) is 19.1. The monoisotopic (exact) mass is 397 g/mol. The molecule has 28 heavy (non-hydrogen) atoms. The average Bonchev–Trinajstić information content (AvgIpc) is 3.44. The van der Waals surface area contributed by atoms with Gasteiger partial charge in [0.2, 0.25) is 0 Å². The maximum absolute atomic E-state index is 13.3. The second kappa shape index (κ2) is 8.01. The third-order valence-electron chi connectivity index (χ3n) is 5.63. The fraction of sp³-hybridized carbons (Fsp3) is 0.476. The van der Waals surface area contributed by atoms with Gasteiger partial charge in [0, 0.05) is 29.7 Å². The van der Waals surface area contributed by atoms with Crippen LogP contribution in [0.4, 0.5) is 0 Å². The summed E-state index contributed by atoms with van der Waals surface area (Å²) in [6.45, 7) is 10.7. The van der Waals surface area contributed by atoms with Crippen LogP contribution in [0, 0.1) is 6.92 Å². The Morgan fingerprint density at radius 1 is 1.36 bits per heavy atom. The number of aromatic nitrogens is 3. The first-order chi connectivity index (χ1) is 13.6. The highest BCUT2D eigenvalue weighted by Crippen LogP contribution is 2.24. The predicted molar refractivity (Wildman–Crippen MR) is 113 cm³/mol. The number of likely N-dealkylation sites (N-methyl/N-ethyl adjacent to an activating group) is 1. The van der Waals surface area contributed by atoms with Crippen molar-refractivity contribution in [2.24, 2.45) is 0 Å². The average molecular weight is 398 g/mol. The van der Waals surface area contributed by atoms with E-state index in [1.54, 1.807) is 17.5 Å². The number of likely N-dealkylation sites (tertiary alicyclic amines) is 1. The minimum absolute atomic E-state index is 0.0980. The second-order valence-electron chi connectivity index (χ2n) is 7.34. The van der Waals surface area contributed by atoms with Crippen molar-refractivity contribution in [2.75, 3.05) is 26.2 Å². The number of fused-ring (bicyclic) bond motifs is 1. The van der Waals surface area contributed by atoms with Crippen LogP contribution in [-0.4, -0.2) is 62.7 Å². The molecule has 3 aromatic heterocycles. The fourth-order valence-electron chi connectivity index (χ4n) is 4.15. The first-order valence-electron chi connectivity index (χ1n) is 9.99. The van der Waals surface area contributed by atoms with E-state index in [0.717, 1.165) is 54.9 Å². The number of carbonyl (C=O) groups excluding carboxylic acids is 1. The van der Waals surface area contributed by atoms with Gasteiger partial charge >= 0.3 is 0 Å². The molecule has 4 rings (SSSR count). The molecule has 0 aliphatic carbocycles. The molecule has 0 N–H and O–H groups in total. The molecule has 1 aliphatic rings. The Morgan fingerprint density at radius 3 is 2.89 bits per heavy atom. The van der Waals surface area contributed by atoms with Crippen molar-refractivity contribution in [3.63, 3.8) is 0 Å². The number of pyridine rings is 1. The summed E-state index contributed by atoms with van der Waals surface area (Å²) in [6.07, 6.45) is 2.83. The van der Waals surface area contributed by atoms with Gasteiger partial charge in [0.1, 0.15) is 0 Å². The van der Waals surface area contributed by atoms with E-state index in [0.29, 0.717) is 12.6 Å². The molecule has 1 saturated heterocycles. The highest BCUT2D eigenvalue weighted by atomic mass is 32.1. The number of rotatable bonds is 6. The lowest BCUT2D eigenvalue weighted by Gasteiger charge is -2.26. The van der Waals surface area contributed by atoms with Gasteiger partial charge in [0.15, 0.2) is 5.65 Å². The molecule has 1 atom stereocenters. The Balaban J connectivity index is 1.62. The standard InChI is InChI=1S/C21H27N5OS/c1-4-24(5-2)16-8-9-25(13-16)21(27)18-11-15(3)23-20-19(18)12-22-26(20)14-17-7-6-10-28-17/h6-7,10-12,16H,4-5,8-9,13-14H2,1-3H3. The van der Waals surface area contributed by atoms with E-state index < -0.39 is 0 Å². The summed E-state index contributed by atoms with van der Waals surface area (Å²) in [7, 11) is 0. The minimum atomic E-state index is 0.0980. The molecule has 3 aromatic rings. The number of amides is 1. The zero-order valence-electron chi connectivity index (χ0n) is 16.8. The molecule has 0 radical (unpaired) electrons. The van der Waals surface area contributed by atoms with Crippen molar-refractivity contribution >= 4 is 28.3 Å². The van der Waals surface area contributed by atoms with Gasteiger partial charge in [-0.15, -0.1) is 11.3 Å². The molecule has 0 bridgehead atoms. The van der Waals surface area contributed by atoms with Crippen LogP contribution in [0.25, 0.3) is 11.0 Å². The smallest absolute Gasteiger partial charge is 0.254 e. The van der Waals surface area contributed by atoms with Gasteiger partial charge < -0.3 is 4.90 Å². The van der Waals surface area contributed by atoms with Crippen LogP contribution < -0.4 is 0 Å². The number of thiophene rings is 1. The molecular weight excluding hydrogens is 370 g/mol. The zero-order valence-corrected chi connectivity index (χ0v) is 17.6. The molecule has 148 valence electrons. The summed E-state index contributed by atoms with van der Waals surface area (Å²) in [5.41, 5.74) is 2.36. The van der Waals surface area contributed by atoms with Crippen molar-refractivity contribution in [1.29, 1.82) is 0 Å². The van der Waals surface area contributed by atoms with E-state index in [4.69, 9.17) is 0 Å². The predicted octanol–water partition coefficient (Wildman–Crippen LogP) is 3.41. The quantitative estimate of drug-likeness (QED) is 0.640. The Morgan fingerprint density at radius 2 is 2.18 bits per heavy atom. The maximum atomic E-state index is 13.3. The lowest BCUT2D eigenvalue weighted by atomic mass is 10.1. The Kier molecular flexibility index (Phi) is 5.46. The highest BCUT2D eigenvalue weighted by Gasteiger charge is 2.31. The van der Waals surface area contributed by atoms with Crippen molar-refractivity contribution in [3.05, 3.63) is 45.9 Å². The van der Waals surface area contributed by atoms with E-state index in [1.165, 1.54) is 4.88 Å². The van der Waals surface area contributed by atoms with Crippen molar-refractivity contribution < 1.29 is 4.79 Å². The number of nitrogens with zero attached hydrogens (tertiary/aromatic N) is 5. The van der Waals surface area contributed by atoms with E-state index in [1.807, 2.05) is 28.6 Å². The van der Waals surface area contributed by atoms with Crippen molar-refractivity contribution in [2.45, 2.75) is 39.8 Å². The van der Waals surface area contributed by atoms with Gasteiger partial charge in [-0.25, -0.2) is 9.67 Å². The molecule has 1 fully saturated rings. The summed E-state index contributed by atoms with van der Waals surface area (Å²) in [6, 6.07) is 6.50. The Labute approximate surface area is 169 Å². The van der Waals surface area contributed by atoms with Crippen LogP contribution in [0.15, 0.2) is 29.8 Å². The molecule has 0 saturated carbocycles. The number of aryl methyl sites for hydroxylation is 1. The van der Waals surface area contributed by atoms with Crippen LogP contribution in [0.2, 0.25) is 0 Å². The highest BCUT2D eigenvalue weighted by molar-refractivity contribution is 7.09. The third kappa shape index (κ3) is 3.56. The fourth-order valence-corrected chi connectivity index (χ4v) is 4.84. The largest absolute Gasteiger partial charge is 0.337 e. The molecule has 1 unspecified atom stereocenters. The van der Waals surface area contributed by atoms with Gasteiger partial charge in [-0.1, -0.05) is 19.9 Å². The van der Waals surface area contributed by atoms with Crippen LogP contribution in [0.5, 0.6) is 0 Å². The van der Waals surface area contributed by atoms with E-state index in [2.05, 4.69) is 40.3 Å². The van der Waals surface area contributed by atoms with Crippen LogP contribution in [-0.2, 0) is 6.54 Å². The Bertz CT molecular complexity index is 961. The molecule has 6 nitrogen and oxygen atoms in total. The molecule has 4 heterocycles. The molecule has 0 spiro atoms. The van der Waals surface area contributed by atoms with Gasteiger partial charge in [0.25, 0.3) is 5.91 Å².